The summed E-state index contributed by atoms with van der Waals surface area (Å²) in [5.41, 5.74) is 6.09. The number of carbonyl (C=O) groups excluding carboxylic acids is 1. The number of rotatable bonds is 4. The van der Waals surface area contributed by atoms with Gasteiger partial charge in [0.05, 0.1) is 17.6 Å². The Kier molecular flexibility index (Phi) is 4.91. The maximum Gasteiger partial charge on any atom is 0.332 e. The van der Waals surface area contributed by atoms with E-state index in [0.29, 0.717) is 23.6 Å². The van der Waals surface area contributed by atoms with Gasteiger partial charge in [-0.05, 0) is 43.7 Å². The van der Waals surface area contributed by atoms with Crippen LogP contribution in [-0.4, -0.2) is 26.6 Å². The number of amides is 1. The number of fused-ring (bicyclic) bond motifs is 1. The van der Waals surface area contributed by atoms with Gasteiger partial charge in [0, 0.05) is 19.8 Å². The van der Waals surface area contributed by atoms with Crippen LogP contribution in [0.1, 0.15) is 22.8 Å². The van der Waals surface area contributed by atoms with Gasteiger partial charge in [-0.3, -0.25) is 18.7 Å². The van der Waals surface area contributed by atoms with Crippen molar-refractivity contribution in [3.63, 3.8) is 0 Å². The molecule has 0 aliphatic carbocycles. The smallest absolute Gasteiger partial charge is 0.332 e. The first-order valence-corrected chi connectivity index (χ1v) is 8.66. The average Bonchev–Trinajstić information content (AvgIpc) is 2.66. The average molecular weight is 383 g/mol. The van der Waals surface area contributed by atoms with Gasteiger partial charge in [-0.25, -0.2) is 9.78 Å². The largest absolute Gasteiger partial charge is 0.494 e. The number of nitrogens with zero attached hydrogens (tertiary/aromatic N) is 3. The second kappa shape index (κ2) is 7.18. The highest BCUT2D eigenvalue weighted by atomic mass is 16.5. The summed E-state index contributed by atoms with van der Waals surface area (Å²) in [6.07, 6.45) is 0. The highest BCUT2D eigenvalue weighted by Gasteiger charge is 2.21. The van der Waals surface area contributed by atoms with Crippen molar-refractivity contribution in [2.45, 2.75) is 13.8 Å². The van der Waals surface area contributed by atoms with Crippen LogP contribution in [0.15, 0.2) is 33.9 Å². The first-order chi connectivity index (χ1) is 13.3. The highest BCUT2D eigenvalue weighted by Crippen LogP contribution is 2.23. The lowest BCUT2D eigenvalue weighted by Crippen LogP contribution is -2.38. The molecule has 0 spiro atoms. The number of nitrogen functional groups attached to an aromatic ring is 1. The number of benzene rings is 1. The number of pyridine rings is 1. The van der Waals surface area contributed by atoms with Gasteiger partial charge in [0.15, 0.2) is 5.65 Å². The molecule has 146 valence electrons. The Morgan fingerprint density at radius 1 is 1.18 bits per heavy atom. The molecule has 9 nitrogen and oxygen atoms in total. The monoisotopic (exact) mass is 383 g/mol. The van der Waals surface area contributed by atoms with Crippen LogP contribution in [0.4, 0.5) is 11.5 Å². The molecule has 3 aromatic rings. The van der Waals surface area contributed by atoms with E-state index in [1.807, 2.05) is 6.92 Å². The molecule has 0 saturated heterocycles. The van der Waals surface area contributed by atoms with E-state index >= 15 is 0 Å². The zero-order chi connectivity index (χ0) is 20.6. The third kappa shape index (κ3) is 3.11. The van der Waals surface area contributed by atoms with Crippen LogP contribution < -0.4 is 27.0 Å². The summed E-state index contributed by atoms with van der Waals surface area (Å²) in [4.78, 5) is 41.7. The van der Waals surface area contributed by atoms with Crippen molar-refractivity contribution in [1.29, 1.82) is 0 Å². The number of ether oxygens (including phenoxy) is 1. The molecule has 0 bridgehead atoms. The van der Waals surface area contributed by atoms with Crippen molar-refractivity contribution in [2.75, 3.05) is 17.7 Å². The van der Waals surface area contributed by atoms with E-state index in [2.05, 4.69) is 10.3 Å². The predicted molar refractivity (Wildman–Crippen MR) is 107 cm³/mol. The molecule has 9 heteroatoms. The zero-order valence-corrected chi connectivity index (χ0v) is 16.1. The molecule has 0 atom stereocenters. The SMILES string of the molecule is CCOc1ccc(NC(=O)c2c(N)nc3c(c2C)c(=O)n(C)c(=O)n3C)cc1. The van der Waals surface area contributed by atoms with Crippen LogP contribution in [0.2, 0.25) is 0 Å². The molecule has 1 amide bonds. The van der Waals surface area contributed by atoms with Crippen LogP contribution >= 0.6 is 0 Å². The lowest BCUT2D eigenvalue weighted by atomic mass is 10.1. The zero-order valence-electron chi connectivity index (χ0n) is 16.1. The van der Waals surface area contributed by atoms with Gasteiger partial charge in [0.2, 0.25) is 0 Å². The molecule has 1 aromatic carbocycles. The summed E-state index contributed by atoms with van der Waals surface area (Å²) in [7, 11) is 2.87. The number of aryl methyl sites for hydroxylation is 2. The van der Waals surface area contributed by atoms with Crippen LogP contribution in [0.25, 0.3) is 11.0 Å². The maximum atomic E-state index is 12.8. The van der Waals surface area contributed by atoms with Gasteiger partial charge in [-0.1, -0.05) is 0 Å². The summed E-state index contributed by atoms with van der Waals surface area (Å²) in [5, 5.41) is 2.92. The summed E-state index contributed by atoms with van der Waals surface area (Å²) in [6.45, 7) is 4.04. The van der Waals surface area contributed by atoms with E-state index in [0.717, 1.165) is 4.57 Å². The Bertz CT molecular complexity index is 1190. The van der Waals surface area contributed by atoms with Gasteiger partial charge >= 0.3 is 5.69 Å². The third-order valence-electron chi connectivity index (χ3n) is 4.52. The Labute approximate surface area is 160 Å². The van der Waals surface area contributed by atoms with Gasteiger partial charge in [-0.2, -0.15) is 0 Å². The van der Waals surface area contributed by atoms with Gasteiger partial charge in [-0.15, -0.1) is 0 Å². The number of nitrogens with two attached hydrogens (primary N) is 1. The Balaban J connectivity index is 2.09. The highest BCUT2D eigenvalue weighted by molar-refractivity contribution is 6.10. The molecule has 0 aliphatic rings. The van der Waals surface area contributed by atoms with E-state index in [9.17, 15) is 14.4 Å². The minimum Gasteiger partial charge on any atom is -0.494 e. The number of carbonyl (C=O) groups is 1. The standard InChI is InChI=1S/C19H21N5O4/c1-5-28-12-8-6-11(7-9-12)21-17(25)13-10(2)14-16(22-15(13)20)23(3)19(27)24(4)18(14)26/h6-9H,5H2,1-4H3,(H2,20,22)(H,21,25). The predicted octanol–water partition coefficient (Wildman–Crippen LogP) is 1.17. The topological polar surface area (TPSA) is 121 Å². The second-order valence-corrected chi connectivity index (χ2v) is 6.31. The van der Waals surface area contributed by atoms with Gasteiger partial charge in [0.25, 0.3) is 11.5 Å². The molecule has 2 aromatic heterocycles. The van der Waals surface area contributed by atoms with Crippen molar-refractivity contribution in [2.24, 2.45) is 14.1 Å². The number of aromatic nitrogens is 3. The summed E-state index contributed by atoms with van der Waals surface area (Å²) >= 11 is 0. The van der Waals surface area contributed by atoms with Crippen molar-refractivity contribution in [3.05, 3.63) is 56.2 Å². The minimum atomic E-state index is -0.529. The quantitative estimate of drug-likeness (QED) is 0.698. The third-order valence-corrected chi connectivity index (χ3v) is 4.52. The molecule has 0 saturated carbocycles. The van der Waals surface area contributed by atoms with E-state index in [1.54, 1.807) is 31.2 Å². The van der Waals surface area contributed by atoms with Crippen molar-refractivity contribution in [3.8, 4) is 5.75 Å². The van der Waals surface area contributed by atoms with Crippen LogP contribution in [0.5, 0.6) is 5.75 Å². The van der Waals surface area contributed by atoms with E-state index < -0.39 is 17.2 Å². The molecule has 0 radical (unpaired) electrons. The van der Waals surface area contributed by atoms with Crippen LogP contribution in [-0.2, 0) is 14.1 Å². The normalized spacial score (nSPS) is 10.9. The van der Waals surface area contributed by atoms with Crippen molar-refractivity contribution >= 4 is 28.4 Å². The molecule has 2 heterocycles. The van der Waals surface area contributed by atoms with E-state index in [4.69, 9.17) is 10.5 Å². The molecular weight excluding hydrogens is 362 g/mol. The summed E-state index contributed by atoms with van der Waals surface area (Å²) < 4.78 is 7.58. The fourth-order valence-electron chi connectivity index (χ4n) is 3.06. The fourth-order valence-corrected chi connectivity index (χ4v) is 3.06. The number of hydrogen-bond acceptors (Lipinski definition) is 6. The molecule has 3 N–H and O–H groups in total. The molecule has 0 unspecified atom stereocenters. The first kappa shape index (κ1) is 19.2. The number of anilines is 2. The summed E-state index contributed by atoms with van der Waals surface area (Å²) in [6, 6.07) is 6.87. The molecule has 3 rings (SSSR count). The van der Waals surface area contributed by atoms with E-state index in [1.165, 1.54) is 18.7 Å². The molecular formula is C19H21N5O4. The maximum absolute atomic E-state index is 12.8. The lowest BCUT2D eigenvalue weighted by Gasteiger charge is -2.14. The Morgan fingerprint density at radius 3 is 2.43 bits per heavy atom. The molecule has 28 heavy (non-hydrogen) atoms. The Morgan fingerprint density at radius 2 is 1.82 bits per heavy atom. The van der Waals surface area contributed by atoms with Crippen molar-refractivity contribution in [1.82, 2.24) is 14.1 Å². The second-order valence-electron chi connectivity index (χ2n) is 6.31. The fraction of sp³-hybridized carbons (Fsp3) is 0.263. The summed E-state index contributed by atoms with van der Waals surface area (Å²) in [5.74, 6) is 0.133. The molecule has 0 aliphatic heterocycles. The van der Waals surface area contributed by atoms with Crippen LogP contribution in [0, 0.1) is 6.92 Å². The van der Waals surface area contributed by atoms with E-state index in [-0.39, 0.29) is 22.4 Å². The minimum absolute atomic E-state index is 0.0586. The number of hydrogen-bond donors (Lipinski definition) is 2. The first-order valence-electron chi connectivity index (χ1n) is 8.66. The lowest BCUT2D eigenvalue weighted by molar-refractivity contribution is 0.102. The van der Waals surface area contributed by atoms with Crippen LogP contribution in [0.3, 0.4) is 0 Å². The van der Waals surface area contributed by atoms with Crippen molar-refractivity contribution < 1.29 is 9.53 Å². The molecule has 0 fully saturated rings. The number of nitrogens with one attached hydrogen (secondary N) is 1. The van der Waals surface area contributed by atoms with Gasteiger partial charge < -0.3 is 15.8 Å². The van der Waals surface area contributed by atoms with Gasteiger partial charge in [0.1, 0.15) is 11.6 Å². The Hall–Kier alpha value is -3.62.